The summed E-state index contributed by atoms with van der Waals surface area (Å²) in [5.41, 5.74) is 0.176. The second-order valence-corrected chi connectivity index (χ2v) is 3.64. The minimum atomic E-state index is -0.935. The van der Waals surface area contributed by atoms with Crippen LogP contribution >= 0.6 is 0 Å². The zero-order chi connectivity index (χ0) is 13.0. The van der Waals surface area contributed by atoms with Gasteiger partial charge in [-0.2, -0.15) is 0 Å². The molecule has 0 fully saturated rings. The largest absolute Gasteiger partial charge is 0.481 e. The standard InChI is InChI=1S/C8H16O2.C4H6O2.Cu/c1-2-3-4-5-6-7-8(9)10;1-3(2)4(5)6;/h2-7H2,1H3,(H,9,10);1H2,2H3,(H,5,6);. The molecule has 0 saturated carbocycles. The third-order valence-corrected chi connectivity index (χ3v) is 1.86. The van der Waals surface area contributed by atoms with Gasteiger partial charge in [-0.25, -0.2) is 4.79 Å². The Balaban J connectivity index is -0.000000244. The fourth-order valence-electron chi connectivity index (χ4n) is 0.880. The van der Waals surface area contributed by atoms with Crippen molar-refractivity contribution in [3.63, 3.8) is 0 Å². The molecule has 0 amide bonds. The molecule has 0 aromatic rings. The first-order valence-electron chi connectivity index (χ1n) is 5.52. The van der Waals surface area contributed by atoms with E-state index in [2.05, 4.69) is 13.5 Å². The minimum Gasteiger partial charge on any atom is -0.481 e. The van der Waals surface area contributed by atoms with Crippen molar-refractivity contribution in [3.8, 4) is 0 Å². The Morgan fingerprint density at radius 1 is 1.06 bits per heavy atom. The number of carboxylic acid groups (broad SMARTS) is 2. The maximum absolute atomic E-state index is 10.0. The van der Waals surface area contributed by atoms with Gasteiger partial charge in [0.1, 0.15) is 0 Å². The molecule has 2 N–H and O–H groups in total. The SMILES string of the molecule is C=C(C)C(=O)O.CCCCCCCC(=O)O.[Cu]. The van der Waals surface area contributed by atoms with Gasteiger partial charge in [0.25, 0.3) is 0 Å². The van der Waals surface area contributed by atoms with Gasteiger partial charge in [-0.15, -0.1) is 0 Å². The molecule has 4 nitrogen and oxygen atoms in total. The Morgan fingerprint density at radius 3 is 1.76 bits per heavy atom. The molecular weight excluding hydrogens is 272 g/mol. The molecule has 0 aromatic heterocycles. The Labute approximate surface area is 114 Å². The Morgan fingerprint density at radius 2 is 1.47 bits per heavy atom. The second-order valence-electron chi connectivity index (χ2n) is 3.64. The van der Waals surface area contributed by atoms with E-state index >= 15 is 0 Å². The summed E-state index contributed by atoms with van der Waals surface area (Å²) in [6.07, 6.45) is 5.88. The molecule has 0 saturated heterocycles. The van der Waals surface area contributed by atoms with Gasteiger partial charge in [-0.3, -0.25) is 4.79 Å². The van der Waals surface area contributed by atoms with Crippen LogP contribution in [0.4, 0.5) is 0 Å². The van der Waals surface area contributed by atoms with Crippen LogP contribution in [0.1, 0.15) is 52.4 Å². The van der Waals surface area contributed by atoms with Crippen molar-refractivity contribution in [1.82, 2.24) is 0 Å². The third kappa shape index (κ3) is 25.5. The number of aliphatic carboxylic acids is 2. The van der Waals surface area contributed by atoms with E-state index in [0.29, 0.717) is 6.42 Å². The van der Waals surface area contributed by atoms with Crippen molar-refractivity contribution in [2.24, 2.45) is 0 Å². The van der Waals surface area contributed by atoms with Crippen LogP contribution < -0.4 is 0 Å². The smallest absolute Gasteiger partial charge is 0.330 e. The summed E-state index contributed by atoms with van der Waals surface area (Å²) >= 11 is 0. The van der Waals surface area contributed by atoms with Gasteiger partial charge in [0, 0.05) is 29.1 Å². The zero-order valence-electron chi connectivity index (χ0n) is 10.5. The van der Waals surface area contributed by atoms with E-state index < -0.39 is 11.9 Å². The molecule has 0 bridgehead atoms. The van der Waals surface area contributed by atoms with Crippen molar-refractivity contribution in [2.75, 3.05) is 0 Å². The Kier molecular flexibility index (Phi) is 19.2. The molecule has 105 valence electrons. The predicted molar refractivity (Wildman–Crippen MR) is 63.5 cm³/mol. The van der Waals surface area contributed by atoms with Crippen molar-refractivity contribution in [3.05, 3.63) is 12.2 Å². The minimum absolute atomic E-state index is 0. The summed E-state index contributed by atoms with van der Waals surface area (Å²) in [6.45, 7) is 6.75. The zero-order valence-corrected chi connectivity index (χ0v) is 11.4. The van der Waals surface area contributed by atoms with Crippen LogP contribution in [0.2, 0.25) is 0 Å². The van der Waals surface area contributed by atoms with E-state index in [-0.39, 0.29) is 22.6 Å². The molecule has 0 aromatic carbocycles. The summed E-state index contributed by atoms with van der Waals surface area (Å²) in [5, 5.41) is 16.2. The first-order valence-corrected chi connectivity index (χ1v) is 5.52. The van der Waals surface area contributed by atoms with E-state index in [4.69, 9.17) is 10.2 Å². The molecule has 0 atom stereocenters. The van der Waals surface area contributed by atoms with Gasteiger partial charge < -0.3 is 10.2 Å². The summed E-state index contributed by atoms with van der Waals surface area (Å²) in [6, 6.07) is 0. The average molecular weight is 294 g/mol. The monoisotopic (exact) mass is 293 g/mol. The molecule has 0 heterocycles. The van der Waals surface area contributed by atoms with Gasteiger partial charge in [-0.05, 0) is 13.3 Å². The molecule has 0 aliphatic carbocycles. The molecule has 0 spiro atoms. The van der Waals surface area contributed by atoms with Gasteiger partial charge >= 0.3 is 11.9 Å². The number of rotatable bonds is 7. The molecule has 0 aliphatic heterocycles. The van der Waals surface area contributed by atoms with Crippen molar-refractivity contribution >= 4 is 11.9 Å². The average Bonchev–Trinajstić information content (AvgIpc) is 2.18. The molecule has 5 heteroatoms. The van der Waals surface area contributed by atoms with E-state index in [9.17, 15) is 9.59 Å². The summed E-state index contributed by atoms with van der Waals surface area (Å²) < 4.78 is 0. The quantitative estimate of drug-likeness (QED) is 0.430. The van der Waals surface area contributed by atoms with Crippen LogP contribution in [-0.2, 0) is 26.7 Å². The topological polar surface area (TPSA) is 74.6 Å². The second kappa shape index (κ2) is 15.2. The number of hydrogen-bond donors (Lipinski definition) is 2. The summed E-state index contributed by atoms with van der Waals surface area (Å²) in [7, 11) is 0. The molecular formula is C12H22CuO4. The van der Waals surface area contributed by atoms with Gasteiger partial charge in [0.2, 0.25) is 0 Å². The number of carboxylic acids is 2. The van der Waals surface area contributed by atoms with Crippen LogP contribution in [0.5, 0.6) is 0 Å². The third-order valence-electron chi connectivity index (χ3n) is 1.86. The molecule has 1 radical (unpaired) electrons. The summed E-state index contributed by atoms with van der Waals surface area (Å²) in [5.74, 6) is -1.61. The van der Waals surface area contributed by atoms with Crippen LogP contribution in [-0.4, -0.2) is 22.2 Å². The first-order chi connectivity index (χ1) is 7.41. The maximum atomic E-state index is 10.0. The van der Waals surface area contributed by atoms with Gasteiger partial charge in [0.05, 0.1) is 0 Å². The number of hydrogen-bond acceptors (Lipinski definition) is 2. The molecule has 0 unspecified atom stereocenters. The fourth-order valence-corrected chi connectivity index (χ4v) is 0.880. The first kappa shape index (κ1) is 21.5. The van der Waals surface area contributed by atoms with Crippen molar-refractivity contribution in [1.29, 1.82) is 0 Å². The predicted octanol–water partition coefficient (Wildman–Crippen LogP) is 3.08. The van der Waals surface area contributed by atoms with Crippen molar-refractivity contribution < 1.29 is 36.9 Å². The molecule has 0 rings (SSSR count). The maximum Gasteiger partial charge on any atom is 0.330 e. The number of carbonyl (C=O) groups is 2. The normalized spacial score (nSPS) is 8.35. The van der Waals surface area contributed by atoms with Crippen LogP contribution in [0.3, 0.4) is 0 Å². The molecule has 17 heavy (non-hydrogen) atoms. The Hall–Kier alpha value is -0.801. The van der Waals surface area contributed by atoms with E-state index in [1.807, 2.05) is 0 Å². The van der Waals surface area contributed by atoms with Gasteiger partial charge in [0.15, 0.2) is 0 Å². The van der Waals surface area contributed by atoms with Crippen LogP contribution in [0.15, 0.2) is 12.2 Å². The van der Waals surface area contributed by atoms with Crippen LogP contribution in [0.25, 0.3) is 0 Å². The fraction of sp³-hybridized carbons (Fsp3) is 0.667. The number of unbranched alkanes of at least 4 members (excludes halogenated alkanes) is 4. The van der Waals surface area contributed by atoms with Crippen molar-refractivity contribution in [2.45, 2.75) is 52.4 Å². The summed E-state index contributed by atoms with van der Waals surface area (Å²) in [4.78, 5) is 19.6. The van der Waals surface area contributed by atoms with E-state index in [0.717, 1.165) is 12.8 Å². The Bertz CT molecular complexity index is 215. The van der Waals surface area contributed by atoms with Crippen LogP contribution in [0, 0.1) is 0 Å². The molecule has 0 aliphatic rings. The van der Waals surface area contributed by atoms with E-state index in [1.54, 1.807) is 0 Å². The van der Waals surface area contributed by atoms with Gasteiger partial charge in [-0.1, -0.05) is 39.2 Å². The van der Waals surface area contributed by atoms with E-state index in [1.165, 1.54) is 26.2 Å².